The number of nitrogens with zero attached hydrogens (tertiary/aromatic N) is 1. The molecule has 0 bridgehead atoms. The van der Waals surface area contributed by atoms with E-state index in [9.17, 15) is 4.79 Å². The molecule has 0 atom stereocenters. The van der Waals surface area contributed by atoms with E-state index in [0.29, 0.717) is 0 Å². The molecule has 5 aromatic carbocycles. The van der Waals surface area contributed by atoms with Crippen molar-refractivity contribution in [1.29, 1.82) is 0 Å². The molecule has 0 saturated heterocycles. The highest BCUT2D eigenvalue weighted by molar-refractivity contribution is 6.22. The van der Waals surface area contributed by atoms with Gasteiger partial charge in [-0.1, -0.05) is 107 Å². The second-order valence-electron chi connectivity index (χ2n) is 12.5. The van der Waals surface area contributed by atoms with Gasteiger partial charge < -0.3 is 4.42 Å². The summed E-state index contributed by atoms with van der Waals surface area (Å²) in [7, 11) is 0. The van der Waals surface area contributed by atoms with E-state index in [4.69, 9.17) is 4.42 Å². The minimum atomic E-state index is -0.164. The van der Waals surface area contributed by atoms with Gasteiger partial charge in [-0.25, -0.2) is 0 Å². The molecule has 3 aromatic heterocycles. The van der Waals surface area contributed by atoms with Crippen molar-refractivity contribution in [3.05, 3.63) is 136 Å². The molecule has 46 heavy (non-hydrogen) atoms. The first-order chi connectivity index (χ1) is 22.4. The Morgan fingerprint density at radius 3 is 2.15 bits per heavy atom. The van der Waals surface area contributed by atoms with Gasteiger partial charge in [0.1, 0.15) is 11.3 Å². The summed E-state index contributed by atoms with van der Waals surface area (Å²) in [5, 5.41) is 5.96. The smallest absolute Gasteiger partial charge is 0.263 e. The van der Waals surface area contributed by atoms with E-state index in [0.717, 1.165) is 71.4 Å². The number of benzene rings is 5. The third-order valence-corrected chi connectivity index (χ3v) is 9.83. The van der Waals surface area contributed by atoms with Crippen LogP contribution in [0.1, 0.15) is 57.1 Å². The van der Waals surface area contributed by atoms with Crippen molar-refractivity contribution < 1.29 is 4.42 Å². The Kier molecular flexibility index (Phi) is 6.14. The van der Waals surface area contributed by atoms with Crippen molar-refractivity contribution >= 4 is 61.1 Å². The van der Waals surface area contributed by atoms with Crippen molar-refractivity contribution in [1.82, 2.24) is 4.40 Å². The third kappa shape index (κ3) is 3.57. The van der Waals surface area contributed by atoms with E-state index in [-0.39, 0.29) is 11.0 Å². The first kappa shape index (κ1) is 28.1. The van der Waals surface area contributed by atoms with Gasteiger partial charge in [0.15, 0.2) is 0 Å². The number of pyridine rings is 1. The molecular formula is C43H35NO2. The Labute approximate surface area is 268 Å². The van der Waals surface area contributed by atoms with Crippen molar-refractivity contribution in [2.45, 2.75) is 40.0 Å². The fourth-order valence-electron chi connectivity index (χ4n) is 7.81. The van der Waals surface area contributed by atoms with Gasteiger partial charge in [0.2, 0.25) is 0 Å². The number of aromatic nitrogens is 1. The second-order valence-corrected chi connectivity index (χ2v) is 12.5. The van der Waals surface area contributed by atoms with E-state index >= 15 is 0 Å². The molecule has 224 valence electrons. The maximum atomic E-state index is 14.2. The zero-order chi connectivity index (χ0) is 31.9. The molecule has 1 aliphatic rings. The molecule has 3 heteroatoms. The molecule has 8 aromatic rings. The maximum Gasteiger partial charge on any atom is 0.263 e. The number of rotatable bonds is 3. The van der Waals surface area contributed by atoms with Gasteiger partial charge in [-0.3, -0.25) is 9.20 Å². The molecule has 0 unspecified atom stereocenters. The summed E-state index contributed by atoms with van der Waals surface area (Å²) in [5.41, 5.74) is 10.8. The summed E-state index contributed by atoms with van der Waals surface area (Å²) >= 11 is 0. The highest BCUT2D eigenvalue weighted by atomic mass is 16.3. The van der Waals surface area contributed by atoms with Crippen molar-refractivity contribution in [2.24, 2.45) is 0 Å². The maximum absolute atomic E-state index is 14.2. The van der Waals surface area contributed by atoms with Gasteiger partial charge in [-0.15, -0.1) is 0 Å². The van der Waals surface area contributed by atoms with E-state index in [1.54, 1.807) is 6.08 Å². The summed E-state index contributed by atoms with van der Waals surface area (Å²) in [6.07, 6.45) is 5.89. The zero-order valence-corrected chi connectivity index (χ0v) is 26.9. The number of furan rings is 1. The van der Waals surface area contributed by atoms with Crippen LogP contribution in [0, 0.1) is 0 Å². The van der Waals surface area contributed by atoms with Gasteiger partial charge in [0.05, 0.1) is 11.0 Å². The number of fused-ring (bicyclic) bond motifs is 9. The molecule has 0 aliphatic heterocycles. The van der Waals surface area contributed by atoms with Crippen LogP contribution in [-0.2, 0) is 5.41 Å². The summed E-state index contributed by atoms with van der Waals surface area (Å²) in [5.74, 6) is 0.761. The van der Waals surface area contributed by atoms with Gasteiger partial charge >= 0.3 is 0 Å². The van der Waals surface area contributed by atoms with Crippen LogP contribution in [0.5, 0.6) is 0 Å². The summed E-state index contributed by atoms with van der Waals surface area (Å²) in [4.78, 5) is 14.2. The summed E-state index contributed by atoms with van der Waals surface area (Å²) in [6, 6.07) is 32.1. The fraction of sp³-hybridized carbons (Fsp3) is 0.140. The standard InChI is InChI=1S/C41H29NO2.C2H6/c1-5-12-27-28-17-11-16-24(39(28)44-37(27)6-2)23-19-32-25-13-7-8-15-29(25)40(43)42-36-22-35-30(21-31(36)33(20-23)38(32)42)26-14-9-10-18-34(26)41(35,3)4;1-2/h5-22H,2H2,1,3-4H3;1-2H3/b12-5-;. The van der Waals surface area contributed by atoms with Crippen LogP contribution in [0.15, 0.2) is 113 Å². The zero-order valence-electron chi connectivity index (χ0n) is 26.9. The molecule has 0 fully saturated rings. The van der Waals surface area contributed by atoms with E-state index in [2.05, 4.69) is 99.3 Å². The average Bonchev–Trinajstić information content (AvgIpc) is 3.69. The summed E-state index contributed by atoms with van der Waals surface area (Å²) < 4.78 is 8.42. The topological polar surface area (TPSA) is 34.6 Å². The SMILES string of the molecule is C=Cc1oc2c(-c3cc4c5ccccc5c(=O)n5c6cc7c(cc6c(c3)c45)-c3ccccc3C7(C)C)cccc2c1/C=C\C.CC. The molecular weight excluding hydrogens is 562 g/mol. The molecule has 0 N–H and O–H groups in total. The van der Waals surface area contributed by atoms with E-state index < -0.39 is 0 Å². The van der Waals surface area contributed by atoms with Crippen LogP contribution in [0.2, 0.25) is 0 Å². The molecule has 1 aliphatic carbocycles. The number of para-hydroxylation sites is 1. The van der Waals surface area contributed by atoms with Crippen LogP contribution >= 0.6 is 0 Å². The molecule has 3 nitrogen and oxygen atoms in total. The van der Waals surface area contributed by atoms with Gasteiger partial charge in [-0.2, -0.15) is 0 Å². The van der Waals surface area contributed by atoms with Crippen LogP contribution in [-0.4, -0.2) is 4.40 Å². The van der Waals surface area contributed by atoms with Crippen molar-refractivity contribution in [3.8, 4) is 22.3 Å². The molecule has 0 radical (unpaired) electrons. The molecule has 0 spiro atoms. The highest BCUT2D eigenvalue weighted by Gasteiger charge is 2.36. The van der Waals surface area contributed by atoms with Crippen LogP contribution in [0.4, 0.5) is 0 Å². The van der Waals surface area contributed by atoms with Crippen LogP contribution in [0.25, 0.3) is 83.3 Å². The monoisotopic (exact) mass is 597 g/mol. The van der Waals surface area contributed by atoms with Gasteiger partial charge in [0, 0.05) is 43.5 Å². The Hall–Kier alpha value is -5.41. The molecule has 0 saturated carbocycles. The van der Waals surface area contributed by atoms with E-state index in [1.165, 1.54) is 22.3 Å². The number of hydrogen-bond acceptors (Lipinski definition) is 2. The average molecular weight is 598 g/mol. The third-order valence-electron chi connectivity index (χ3n) is 9.83. The molecule has 0 amide bonds. The second kappa shape index (κ2) is 10.1. The van der Waals surface area contributed by atoms with Crippen LogP contribution in [0.3, 0.4) is 0 Å². The predicted molar refractivity (Wildman–Crippen MR) is 196 cm³/mol. The highest BCUT2D eigenvalue weighted by Crippen LogP contribution is 2.51. The lowest BCUT2D eigenvalue weighted by molar-refractivity contribution is 0.604. The first-order valence-electron chi connectivity index (χ1n) is 16.1. The minimum Gasteiger partial charge on any atom is -0.455 e. The largest absolute Gasteiger partial charge is 0.455 e. The normalized spacial score (nSPS) is 13.6. The van der Waals surface area contributed by atoms with Gasteiger partial charge in [0.25, 0.3) is 5.56 Å². The fourth-order valence-corrected chi connectivity index (χ4v) is 7.81. The lowest BCUT2D eigenvalue weighted by Gasteiger charge is -2.21. The molecule has 9 rings (SSSR count). The Morgan fingerprint density at radius 2 is 1.39 bits per heavy atom. The Bertz CT molecular complexity index is 2630. The van der Waals surface area contributed by atoms with E-state index in [1.807, 2.05) is 49.4 Å². The quantitative estimate of drug-likeness (QED) is 0.190. The van der Waals surface area contributed by atoms with Gasteiger partial charge in [-0.05, 0) is 76.5 Å². The number of hydrogen-bond donors (Lipinski definition) is 0. The summed E-state index contributed by atoms with van der Waals surface area (Å²) in [6.45, 7) is 14.6. The Morgan fingerprint density at radius 1 is 0.717 bits per heavy atom. The Balaban J connectivity index is 0.00000153. The molecule has 3 heterocycles. The lowest BCUT2D eigenvalue weighted by Crippen LogP contribution is -2.16. The van der Waals surface area contributed by atoms with Crippen LogP contribution < -0.4 is 5.56 Å². The first-order valence-corrected chi connectivity index (χ1v) is 16.1. The van der Waals surface area contributed by atoms with Crippen molar-refractivity contribution in [3.63, 3.8) is 0 Å². The minimum absolute atomic E-state index is 0.0221. The lowest BCUT2D eigenvalue weighted by atomic mass is 9.82. The number of allylic oxidation sites excluding steroid dienone is 1. The van der Waals surface area contributed by atoms with Crippen molar-refractivity contribution in [2.75, 3.05) is 0 Å². The predicted octanol–water partition coefficient (Wildman–Crippen LogP) is 11.6.